The van der Waals surface area contributed by atoms with Gasteiger partial charge < -0.3 is 20.3 Å². The van der Waals surface area contributed by atoms with Crippen LogP contribution in [0.15, 0.2) is 24.3 Å². The monoisotopic (exact) mass is 281 g/mol. The van der Waals surface area contributed by atoms with Crippen molar-refractivity contribution < 1.29 is 14.9 Å². The number of benzene rings is 1. The zero-order valence-electron chi connectivity index (χ0n) is 12.6. The van der Waals surface area contributed by atoms with Crippen molar-refractivity contribution in [2.45, 2.75) is 38.6 Å². The maximum absolute atomic E-state index is 9.39. The highest BCUT2D eigenvalue weighted by atomic mass is 16.5. The van der Waals surface area contributed by atoms with Gasteiger partial charge in [-0.3, -0.25) is 0 Å². The molecule has 4 nitrogen and oxygen atoms in total. The number of hydrogen-bond acceptors (Lipinski definition) is 4. The molecule has 0 radical (unpaired) electrons. The van der Waals surface area contributed by atoms with Gasteiger partial charge in [-0.05, 0) is 50.4 Å². The summed E-state index contributed by atoms with van der Waals surface area (Å²) in [7, 11) is 0. The fourth-order valence-electron chi connectivity index (χ4n) is 2.18. The molecule has 3 N–H and O–H groups in total. The summed E-state index contributed by atoms with van der Waals surface area (Å²) in [6.07, 6.45) is 2.44. The maximum atomic E-state index is 9.39. The molecule has 0 saturated heterocycles. The number of rotatable bonds is 10. The van der Waals surface area contributed by atoms with Gasteiger partial charge in [0.05, 0.1) is 13.2 Å². The summed E-state index contributed by atoms with van der Waals surface area (Å²) in [6.45, 7) is 5.87. The fourth-order valence-corrected chi connectivity index (χ4v) is 2.18. The summed E-state index contributed by atoms with van der Waals surface area (Å²) >= 11 is 0. The molecule has 4 heteroatoms. The van der Waals surface area contributed by atoms with Crippen molar-refractivity contribution in [2.24, 2.45) is 0 Å². The SMILES string of the molecule is CCNC(C)(CO)CCCOc1ccc(CCO)cc1. The highest BCUT2D eigenvalue weighted by Gasteiger charge is 2.20. The van der Waals surface area contributed by atoms with Gasteiger partial charge in [-0.25, -0.2) is 0 Å². The van der Waals surface area contributed by atoms with Crippen LogP contribution in [0.4, 0.5) is 0 Å². The first kappa shape index (κ1) is 17.0. The zero-order chi connectivity index (χ0) is 14.8. The molecule has 0 aliphatic heterocycles. The Hall–Kier alpha value is -1.10. The first-order valence-corrected chi connectivity index (χ1v) is 7.32. The molecular formula is C16H27NO3. The largest absolute Gasteiger partial charge is 0.494 e. The standard InChI is InChI=1S/C16H27NO3/c1-3-17-16(2,13-19)10-4-12-20-15-7-5-14(6-8-15)9-11-18/h5-8,17-19H,3-4,9-13H2,1-2H3. The van der Waals surface area contributed by atoms with Crippen molar-refractivity contribution in [1.82, 2.24) is 5.32 Å². The van der Waals surface area contributed by atoms with Gasteiger partial charge in [-0.1, -0.05) is 19.1 Å². The predicted molar refractivity (Wildman–Crippen MR) is 81.1 cm³/mol. The molecule has 1 aromatic rings. The highest BCUT2D eigenvalue weighted by Crippen LogP contribution is 2.15. The van der Waals surface area contributed by atoms with E-state index < -0.39 is 0 Å². The molecule has 1 unspecified atom stereocenters. The molecule has 0 aliphatic rings. The summed E-state index contributed by atoms with van der Waals surface area (Å²) < 4.78 is 5.69. The lowest BCUT2D eigenvalue weighted by Gasteiger charge is -2.28. The van der Waals surface area contributed by atoms with E-state index in [0.717, 1.165) is 30.7 Å². The van der Waals surface area contributed by atoms with E-state index in [-0.39, 0.29) is 18.8 Å². The van der Waals surface area contributed by atoms with Crippen LogP contribution in [-0.2, 0) is 6.42 Å². The summed E-state index contributed by atoms with van der Waals surface area (Å²) in [5.41, 5.74) is 0.892. The van der Waals surface area contributed by atoms with Gasteiger partial charge in [0, 0.05) is 12.1 Å². The van der Waals surface area contributed by atoms with Gasteiger partial charge in [-0.15, -0.1) is 0 Å². The maximum Gasteiger partial charge on any atom is 0.119 e. The van der Waals surface area contributed by atoms with Crippen molar-refractivity contribution in [3.63, 3.8) is 0 Å². The lowest BCUT2D eigenvalue weighted by Crippen LogP contribution is -2.45. The predicted octanol–water partition coefficient (Wildman–Crippen LogP) is 1.74. The molecular weight excluding hydrogens is 254 g/mol. The average Bonchev–Trinajstić information content (AvgIpc) is 2.46. The lowest BCUT2D eigenvalue weighted by atomic mass is 9.97. The van der Waals surface area contributed by atoms with Gasteiger partial charge in [0.2, 0.25) is 0 Å². The summed E-state index contributed by atoms with van der Waals surface area (Å²) in [4.78, 5) is 0. The molecule has 20 heavy (non-hydrogen) atoms. The Balaban J connectivity index is 2.30. The Bertz CT molecular complexity index is 366. The third-order valence-corrected chi connectivity index (χ3v) is 3.42. The molecule has 1 rings (SSSR count). The molecule has 0 aromatic heterocycles. The van der Waals surface area contributed by atoms with Crippen LogP contribution >= 0.6 is 0 Å². The molecule has 0 fully saturated rings. The van der Waals surface area contributed by atoms with Gasteiger partial charge in [0.1, 0.15) is 5.75 Å². The molecule has 0 aliphatic carbocycles. The fraction of sp³-hybridized carbons (Fsp3) is 0.625. The minimum absolute atomic E-state index is 0.136. The van der Waals surface area contributed by atoms with E-state index >= 15 is 0 Å². The Labute approximate surface area is 121 Å². The molecule has 1 aromatic carbocycles. The van der Waals surface area contributed by atoms with Crippen LogP contribution in [0.5, 0.6) is 5.75 Å². The van der Waals surface area contributed by atoms with E-state index in [1.165, 1.54) is 0 Å². The second-order valence-corrected chi connectivity index (χ2v) is 5.32. The summed E-state index contributed by atoms with van der Waals surface area (Å²) in [6, 6.07) is 7.81. The third kappa shape index (κ3) is 5.90. The Morgan fingerprint density at radius 2 is 1.90 bits per heavy atom. The van der Waals surface area contributed by atoms with Crippen LogP contribution < -0.4 is 10.1 Å². The molecule has 0 heterocycles. The van der Waals surface area contributed by atoms with Crippen molar-refractivity contribution >= 4 is 0 Å². The molecule has 0 bridgehead atoms. The van der Waals surface area contributed by atoms with Crippen molar-refractivity contribution in [3.8, 4) is 5.75 Å². The van der Waals surface area contributed by atoms with Crippen LogP contribution in [0.3, 0.4) is 0 Å². The highest BCUT2D eigenvalue weighted by molar-refractivity contribution is 5.27. The normalized spacial score (nSPS) is 14.0. The molecule has 0 spiro atoms. The smallest absolute Gasteiger partial charge is 0.119 e. The summed E-state index contributed by atoms with van der Waals surface area (Å²) in [5, 5.41) is 21.5. The lowest BCUT2D eigenvalue weighted by molar-refractivity contribution is 0.158. The van der Waals surface area contributed by atoms with Crippen molar-refractivity contribution in [2.75, 3.05) is 26.4 Å². The number of ether oxygens (including phenoxy) is 1. The van der Waals surface area contributed by atoms with Gasteiger partial charge in [0.15, 0.2) is 0 Å². The molecule has 0 saturated carbocycles. The Morgan fingerprint density at radius 1 is 1.20 bits per heavy atom. The summed E-state index contributed by atoms with van der Waals surface area (Å²) in [5.74, 6) is 0.848. The van der Waals surface area contributed by atoms with Crippen LogP contribution in [-0.4, -0.2) is 42.1 Å². The van der Waals surface area contributed by atoms with E-state index in [0.29, 0.717) is 13.0 Å². The number of aliphatic hydroxyl groups is 2. The van der Waals surface area contributed by atoms with E-state index in [1.54, 1.807) is 0 Å². The second kappa shape index (κ2) is 8.95. The molecule has 1 atom stereocenters. The van der Waals surface area contributed by atoms with Crippen LogP contribution in [0, 0.1) is 0 Å². The van der Waals surface area contributed by atoms with E-state index in [9.17, 15) is 5.11 Å². The Kier molecular flexibility index (Phi) is 7.59. The number of aliphatic hydroxyl groups excluding tert-OH is 2. The first-order valence-electron chi connectivity index (χ1n) is 7.32. The first-order chi connectivity index (χ1) is 9.63. The van der Waals surface area contributed by atoms with Crippen LogP contribution in [0.2, 0.25) is 0 Å². The number of nitrogens with one attached hydrogen (secondary N) is 1. The van der Waals surface area contributed by atoms with E-state index in [2.05, 4.69) is 5.32 Å². The number of likely N-dealkylation sites (N-methyl/N-ethyl adjacent to an activating group) is 1. The third-order valence-electron chi connectivity index (χ3n) is 3.42. The second-order valence-electron chi connectivity index (χ2n) is 5.32. The average molecular weight is 281 g/mol. The van der Waals surface area contributed by atoms with Crippen molar-refractivity contribution in [3.05, 3.63) is 29.8 Å². The minimum Gasteiger partial charge on any atom is -0.494 e. The minimum atomic E-state index is -0.219. The number of hydrogen-bond donors (Lipinski definition) is 3. The van der Waals surface area contributed by atoms with Gasteiger partial charge >= 0.3 is 0 Å². The van der Waals surface area contributed by atoms with E-state index in [4.69, 9.17) is 9.84 Å². The molecule has 0 amide bonds. The quantitative estimate of drug-likeness (QED) is 0.572. The van der Waals surface area contributed by atoms with E-state index in [1.807, 2.05) is 38.1 Å². The topological polar surface area (TPSA) is 61.7 Å². The van der Waals surface area contributed by atoms with Crippen LogP contribution in [0.25, 0.3) is 0 Å². The van der Waals surface area contributed by atoms with Crippen molar-refractivity contribution in [1.29, 1.82) is 0 Å². The molecule has 114 valence electrons. The van der Waals surface area contributed by atoms with Gasteiger partial charge in [0.25, 0.3) is 0 Å². The van der Waals surface area contributed by atoms with Gasteiger partial charge in [-0.2, -0.15) is 0 Å². The zero-order valence-corrected chi connectivity index (χ0v) is 12.6. The Morgan fingerprint density at radius 3 is 2.45 bits per heavy atom. The van der Waals surface area contributed by atoms with Crippen LogP contribution in [0.1, 0.15) is 32.3 Å².